The van der Waals surface area contributed by atoms with Crippen LogP contribution < -0.4 is 15.4 Å². The fourth-order valence-electron chi connectivity index (χ4n) is 7.58. The number of nitrogens with zero attached hydrogens (tertiary/aromatic N) is 2. The summed E-state index contributed by atoms with van der Waals surface area (Å²) in [4.78, 5) is 50.1. The van der Waals surface area contributed by atoms with E-state index in [1.54, 1.807) is 18.9 Å². The van der Waals surface area contributed by atoms with E-state index < -0.39 is 0 Å². The quantitative estimate of drug-likeness (QED) is 0.102. The molecule has 1 atom stereocenters. The van der Waals surface area contributed by atoms with E-state index in [1.165, 1.54) is 29.8 Å². The van der Waals surface area contributed by atoms with Crippen molar-refractivity contribution in [2.45, 2.75) is 44.7 Å². The van der Waals surface area contributed by atoms with Crippen LogP contribution in [0.4, 0.5) is 10.1 Å². The SMILES string of the molecule is COc1ccccc1CN(C[C@@H](Cc1c[nH]c2ccccc12)NC(=O)CN1CCC(c2c[nH]c3ccc(NC(=O)c4ccc(F)cc4)cc23)CC1)C(C)=O. The van der Waals surface area contributed by atoms with E-state index in [2.05, 4.69) is 31.6 Å². The smallest absolute Gasteiger partial charge is 0.255 e. The minimum absolute atomic E-state index is 0.0762. The number of H-pyrrole nitrogens is 2. The number of para-hydroxylation sites is 2. The Morgan fingerprint density at radius 1 is 0.889 bits per heavy atom. The Morgan fingerprint density at radius 3 is 2.39 bits per heavy atom. The van der Waals surface area contributed by atoms with E-state index >= 15 is 0 Å². The third kappa shape index (κ3) is 8.47. The van der Waals surface area contributed by atoms with Gasteiger partial charge in [-0.25, -0.2) is 4.39 Å². The Balaban J connectivity index is 0.999. The maximum Gasteiger partial charge on any atom is 0.255 e. The van der Waals surface area contributed by atoms with Gasteiger partial charge in [-0.05, 0) is 104 Å². The number of ether oxygens (including phenoxy) is 1. The van der Waals surface area contributed by atoms with E-state index in [0.717, 1.165) is 58.9 Å². The summed E-state index contributed by atoms with van der Waals surface area (Å²) in [6.45, 7) is 4.04. The lowest BCUT2D eigenvalue weighted by Gasteiger charge is -2.32. The first-order chi connectivity index (χ1) is 26.2. The summed E-state index contributed by atoms with van der Waals surface area (Å²) in [6.07, 6.45) is 6.34. The highest BCUT2D eigenvalue weighted by molar-refractivity contribution is 6.05. The minimum atomic E-state index is -0.389. The van der Waals surface area contributed by atoms with Gasteiger partial charge in [0.2, 0.25) is 11.8 Å². The van der Waals surface area contributed by atoms with Gasteiger partial charge in [0, 0.05) is 71.0 Å². The van der Waals surface area contributed by atoms with Crippen LogP contribution in [-0.4, -0.2) is 76.8 Å². The summed E-state index contributed by atoms with van der Waals surface area (Å²) in [5.74, 6) is 0.154. The highest BCUT2D eigenvalue weighted by Gasteiger charge is 2.26. The molecule has 0 aliphatic carbocycles. The van der Waals surface area contributed by atoms with Crippen LogP contribution in [0.25, 0.3) is 21.8 Å². The van der Waals surface area contributed by atoms with Crippen molar-refractivity contribution in [1.29, 1.82) is 0 Å². The molecule has 0 spiro atoms. The van der Waals surface area contributed by atoms with Crippen molar-refractivity contribution in [3.63, 3.8) is 0 Å². The molecule has 10 nitrogen and oxygen atoms in total. The molecule has 0 radical (unpaired) electrons. The van der Waals surface area contributed by atoms with Gasteiger partial charge in [-0.15, -0.1) is 0 Å². The molecule has 0 bridgehead atoms. The van der Waals surface area contributed by atoms with Gasteiger partial charge in [0.1, 0.15) is 11.6 Å². The molecule has 278 valence electrons. The zero-order chi connectivity index (χ0) is 37.6. The number of benzene rings is 4. The molecule has 11 heteroatoms. The Morgan fingerprint density at radius 2 is 1.61 bits per heavy atom. The first-order valence-corrected chi connectivity index (χ1v) is 18.4. The van der Waals surface area contributed by atoms with Crippen molar-refractivity contribution >= 4 is 45.2 Å². The lowest BCUT2D eigenvalue weighted by Crippen LogP contribution is -2.49. The van der Waals surface area contributed by atoms with Crippen LogP contribution in [0.15, 0.2) is 103 Å². The molecule has 6 aromatic rings. The number of halogens is 1. The molecule has 3 amide bonds. The monoisotopic (exact) mass is 728 g/mol. The molecule has 1 aliphatic rings. The first kappa shape index (κ1) is 36.4. The van der Waals surface area contributed by atoms with Crippen LogP contribution in [-0.2, 0) is 22.6 Å². The second-order valence-corrected chi connectivity index (χ2v) is 14.1. The summed E-state index contributed by atoms with van der Waals surface area (Å²) < 4.78 is 18.9. The number of methoxy groups -OCH3 is 1. The molecule has 0 unspecified atom stereocenters. The van der Waals surface area contributed by atoms with Gasteiger partial charge in [-0.3, -0.25) is 19.3 Å². The van der Waals surface area contributed by atoms with Gasteiger partial charge >= 0.3 is 0 Å². The number of aromatic nitrogens is 2. The zero-order valence-corrected chi connectivity index (χ0v) is 30.5. The van der Waals surface area contributed by atoms with E-state index in [1.807, 2.05) is 73.1 Å². The van der Waals surface area contributed by atoms with Crippen LogP contribution in [0.3, 0.4) is 0 Å². The third-order valence-electron chi connectivity index (χ3n) is 10.4. The number of carbonyl (C=O) groups is 3. The Bertz CT molecular complexity index is 2260. The number of nitrogens with one attached hydrogen (secondary N) is 4. The number of aromatic amines is 2. The second kappa shape index (κ2) is 16.4. The van der Waals surface area contributed by atoms with Crippen LogP contribution in [0.2, 0.25) is 0 Å². The van der Waals surface area contributed by atoms with Crippen molar-refractivity contribution in [1.82, 2.24) is 25.1 Å². The number of amides is 3. The van der Waals surface area contributed by atoms with Crippen molar-refractivity contribution < 1.29 is 23.5 Å². The van der Waals surface area contributed by atoms with Crippen LogP contribution in [0.5, 0.6) is 5.75 Å². The molecule has 1 saturated heterocycles. The van der Waals surface area contributed by atoms with Gasteiger partial charge in [-0.1, -0.05) is 36.4 Å². The Labute approximate surface area is 313 Å². The average molecular weight is 729 g/mol. The summed E-state index contributed by atoms with van der Waals surface area (Å²) in [5.41, 5.74) is 6.23. The van der Waals surface area contributed by atoms with Gasteiger partial charge in [0.05, 0.1) is 19.7 Å². The fraction of sp³-hybridized carbons (Fsp3) is 0.279. The number of fused-ring (bicyclic) bond motifs is 2. The van der Waals surface area contributed by atoms with Gasteiger partial charge in [-0.2, -0.15) is 0 Å². The molecule has 54 heavy (non-hydrogen) atoms. The molecule has 2 aromatic heterocycles. The molecule has 4 aromatic carbocycles. The maximum atomic E-state index is 13.7. The van der Waals surface area contributed by atoms with Crippen LogP contribution >= 0.6 is 0 Å². The second-order valence-electron chi connectivity index (χ2n) is 14.1. The number of anilines is 1. The first-order valence-electron chi connectivity index (χ1n) is 18.4. The number of hydrogen-bond acceptors (Lipinski definition) is 5. The number of rotatable bonds is 13. The van der Waals surface area contributed by atoms with E-state index in [0.29, 0.717) is 36.5 Å². The van der Waals surface area contributed by atoms with Crippen molar-refractivity contribution in [2.75, 3.05) is 38.6 Å². The summed E-state index contributed by atoms with van der Waals surface area (Å²) >= 11 is 0. The maximum absolute atomic E-state index is 13.7. The van der Waals surface area contributed by atoms with Gasteiger partial charge in [0.15, 0.2) is 0 Å². The number of hydrogen-bond donors (Lipinski definition) is 4. The predicted octanol–water partition coefficient (Wildman–Crippen LogP) is 7.00. The lowest BCUT2D eigenvalue weighted by atomic mass is 9.89. The van der Waals surface area contributed by atoms with Crippen LogP contribution in [0.1, 0.15) is 52.7 Å². The van der Waals surface area contributed by atoms with Crippen molar-refractivity contribution in [2.24, 2.45) is 0 Å². The molecule has 1 aliphatic heterocycles. The molecule has 7 rings (SSSR count). The number of piperidine rings is 1. The fourth-order valence-corrected chi connectivity index (χ4v) is 7.58. The highest BCUT2D eigenvalue weighted by Crippen LogP contribution is 2.34. The summed E-state index contributed by atoms with van der Waals surface area (Å²) in [5, 5.41) is 8.37. The number of carbonyl (C=O) groups excluding carboxylic acids is 3. The third-order valence-corrected chi connectivity index (χ3v) is 10.4. The lowest BCUT2D eigenvalue weighted by molar-refractivity contribution is -0.131. The normalized spacial score (nSPS) is 14.2. The molecule has 1 fully saturated rings. The molecule has 0 saturated carbocycles. The average Bonchev–Trinajstić information content (AvgIpc) is 3.79. The largest absolute Gasteiger partial charge is 0.496 e. The summed E-state index contributed by atoms with van der Waals surface area (Å²) in [6, 6.07) is 26.7. The van der Waals surface area contributed by atoms with E-state index in [9.17, 15) is 18.8 Å². The molecule has 3 heterocycles. The predicted molar refractivity (Wildman–Crippen MR) is 209 cm³/mol. The Hall–Kier alpha value is -5.94. The van der Waals surface area contributed by atoms with Gasteiger partial charge in [0.25, 0.3) is 5.91 Å². The Kier molecular flexibility index (Phi) is 11.1. The number of likely N-dealkylation sites (tertiary alicyclic amines) is 1. The minimum Gasteiger partial charge on any atom is -0.496 e. The van der Waals surface area contributed by atoms with Crippen molar-refractivity contribution in [3.8, 4) is 5.75 Å². The van der Waals surface area contributed by atoms with Crippen LogP contribution in [0, 0.1) is 5.82 Å². The topological polar surface area (TPSA) is 123 Å². The molecular formula is C43H45FN6O4. The standard InChI is InChI=1S/C43H45FN6O4/c1-28(51)50(25-31-7-3-6-10-41(31)54-2)26-35(21-32-23-45-39-9-5-4-8-36(32)39)47-42(52)27-49-19-17-29(18-20-49)38-24-46-40-16-15-34(22-37(38)40)48-43(53)30-11-13-33(44)14-12-30/h3-16,22-24,29,35,45-46H,17-21,25-27H2,1-2H3,(H,47,52)(H,48,53)/t35-/m1/s1. The zero-order valence-electron chi connectivity index (χ0n) is 30.5. The molecule has 4 N–H and O–H groups in total. The van der Waals surface area contributed by atoms with Gasteiger partial charge < -0.3 is 30.2 Å². The highest BCUT2D eigenvalue weighted by atomic mass is 19.1. The summed E-state index contributed by atoms with van der Waals surface area (Å²) in [7, 11) is 1.62. The van der Waals surface area contributed by atoms with E-state index in [4.69, 9.17) is 4.74 Å². The van der Waals surface area contributed by atoms with E-state index in [-0.39, 0.29) is 42.0 Å². The van der Waals surface area contributed by atoms with Crippen molar-refractivity contribution in [3.05, 3.63) is 131 Å². The molecular weight excluding hydrogens is 684 g/mol.